The zero-order valence-corrected chi connectivity index (χ0v) is 14.1. The molecule has 7 nitrogen and oxygen atoms in total. The van der Waals surface area contributed by atoms with Gasteiger partial charge in [-0.15, -0.1) is 0 Å². The van der Waals surface area contributed by atoms with Crippen LogP contribution in [0.3, 0.4) is 0 Å². The van der Waals surface area contributed by atoms with Crippen molar-refractivity contribution in [2.45, 2.75) is 37.1 Å². The average Bonchev–Trinajstić information content (AvgIpc) is 3.12. The first-order valence-corrected chi connectivity index (χ1v) is 8.27. The van der Waals surface area contributed by atoms with E-state index in [-0.39, 0.29) is 30.1 Å². The number of hydrogen-bond donors (Lipinski definition) is 3. The van der Waals surface area contributed by atoms with Crippen LogP contribution in [0.4, 0.5) is 0 Å². The zero-order valence-electron chi connectivity index (χ0n) is 14.1. The summed E-state index contributed by atoms with van der Waals surface area (Å²) in [6, 6.07) is 7.57. The van der Waals surface area contributed by atoms with Crippen LogP contribution in [-0.2, 0) is 14.3 Å². The average molecular weight is 335 g/mol. The summed E-state index contributed by atoms with van der Waals surface area (Å²) >= 11 is 0. The van der Waals surface area contributed by atoms with Gasteiger partial charge in [-0.2, -0.15) is 0 Å². The van der Waals surface area contributed by atoms with Crippen molar-refractivity contribution in [2.24, 2.45) is 0 Å². The molecule has 132 valence electrons. The molecule has 1 aromatic carbocycles. The maximum absolute atomic E-state index is 12.6. The van der Waals surface area contributed by atoms with Gasteiger partial charge in [0.2, 0.25) is 5.91 Å². The maximum Gasteiger partial charge on any atom is 0.238 e. The molecule has 2 unspecified atom stereocenters. The first kappa shape index (κ1) is 17.2. The largest absolute Gasteiger partial charge is 0.496 e. The van der Waals surface area contributed by atoms with Gasteiger partial charge < -0.3 is 19.5 Å². The van der Waals surface area contributed by atoms with Gasteiger partial charge in [0.1, 0.15) is 17.9 Å². The van der Waals surface area contributed by atoms with E-state index in [1.807, 2.05) is 24.3 Å². The molecule has 0 saturated carbocycles. The van der Waals surface area contributed by atoms with Gasteiger partial charge in [-0.25, -0.2) is 10.9 Å². The van der Waals surface area contributed by atoms with Crippen molar-refractivity contribution < 1.29 is 19.0 Å². The van der Waals surface area contributed by atoms with E-state index in [9.17, 15) is 4.79 Å². The molecule has 2 saturated heterocycles. The molecule has 3 rings (SSSR count). The van der Waals surface area contributed by atoms with Crippen LogP contribution in [0.1, 0.15) is 24.4 Å². The van der Waals surface area contributed by atoms with E-state index in [0.29, 0.717) is 19.6 Å². The van der Waals surface area contributed by atoms with E-state index in [1.165, 1.54) is 0 Å². The summed E-state index contributed by atoms with van der Waals surface area (Å²) in [6.45, 7) is 1.16. The third kappa shape index (κ3) is 3.70. The molecule has 0 bridgehead atoms. The molecule has 0 radical (unpaired) electrons. The normalized spacial score (nSPS) is 30.1. The second-order valence-electron chi connectivity index (χ2n) is 6.12. The Kier molecular flexibility index (Phi) is 5.68. The fourth-order valence-electron chi connectivity index (χ4n) is 3.28. The molecule has 2 heterocycles. The minimum absolute atomic E-state index is 0.0108. The molecule has 3 N–H and O–H groups in total. The molecule has 7 heteroatoms. The number of ether oxygens (including phenoxy) is 3. The lowest BCUT2D eigenvalue weighted by Gasteiger charge is -2.31. The Bertz CT molecular complexity index is 569. The molecular weight excluding hydrogens is 310 g/mol. The van der Waals surface area contributed by atoms with Crippen molar-refractivity contribution in [3.8, 4) is 5.75 Å². The SMILES string of the molecule is COc1ccccc1C1CC(C(=O)N[C@@H]2CCOC[C@H]2OC)NN1. The molecule has 0 aromatic heterocycles. The van der Waals surface area contributed by atoms with Crippen LogP contribution in [0.25, 0.3) is 0 Å². The number of nitrogens with one attached hydrogen (secondary N) is 3. The highest BCUT2D eigenvalue weighted by Gasteiger charge is 2.34. The number of amides is 1. The Labute approximate surface area is 142 Å². The van der Waals surface area contributed by atoms with Crippen LogP contribution < -0.4 is 20.9 Å². The topological polar surface area (TPSA) is 80.9 Å². The van der Waals surface area contributed by atoms with Crippen LogP contribution in [0.2, 0.25) is 0 Å². The predicted molar refractivity (Wildman–Crippen MR) is 88.6 cm³/mol. The van der Waals surface area contributed by atoms with Gasteiger partial charge in [0.25, 0.3) is 0 Å². The molecule has 0 spiro atoms. The lowest BCUT2D eigenvalue weighted by molar-refractivity contribution is -0.126. The van der Waals surface area contributed by atoms with Crippen LogP contribution in [0.5, 0.6) is 5.75 Å². The summed E-state index contributed by atoms with van der Waals surface area (Å²) in [4.78, 5) is 12.6. The van der Waals surface area contributed by atoms with Gasteiger partial charge in [-0.05, 0) is 18.9 Å². The molecule has 2 fully saturated rings. The van der Waals surface area contributed by atoms with Crippen molar-refractivity contribution in [1.29, 1.82) is 0 Å². The van der Waals surface area contributed by atoms with E-state index in [4.69, 9.17) is 14.2 Å². The van der Waals surface area contributed by atoms with Crippen molar-refractivity contribution in [2.75, 3.05) is 27.4 Å². The summed E-state index contributed by atoms with van der Waals surface area (Å²) in [7, 11) is 3.30. The van der Waals surface area contributed by atoms with Gasteiger partial charge in [0.15, 0.2) is 0 Å². The van der Waals surface area contributed by atoms with E-state index >= 15 is 0 Å². The van der Waals surface area contributed by atoms with E-state index in [1.54, 1.807) is 14.2 Å². The third-order valence-electron chi connectivity index (χ3n) is 4.67. The van der Waals surface area contributed by atoms with Crippen molar-refractivity contribution >= 4 is 5.91 Å². The molecule has 24 heavy (non-hydrogen) atoms. The summed E-state index contributed by atoms with van der Waals surface area (Å²) in [5.74, 6) is 0.801. The fraction of sp³-hybridized carbons (Fsp3) is 0.588. The monoisotopic (exact) mass is 335 g/mol. The second-order valence-corrected chi connectivity index (χ2v) is 6.12. The highest BCUT2D eigenvalue weighted by atomic mass is 16.5. The predicted octanol–water partition coefficient (Wildman–Crippen LogP) is 0.523. The number of carbonyl (C=O) groups is 1. The Hall–Kier alpha value is -1.67. The van der Waals surface area contributed by atoms with Gasteiger partial charge in [0.05, 0.1) is 25.8 Å². The Morgan fingerprint density at radius 3 is 2.92 bits per heavy atom. The summed E-state index contributed by atoms with van der Waals surface area (Å²) < 4.78 is 16.2. The molecule has 4 atom stereocenters. The molecule has 2 aliphatic rings. The number of methoxy groups -OCH3 is 2. The highest BCUT2D eigenvalue weighted by molar-refractivity contribution is 5.82. The second kappa shape index (κ2) is 7.94. The lowest BCUT2D eigenvalue weighted by Crippen LogP contribution is -2.54. The van der Waals surface area contributed by atoms with Crippen LogP contribution in [0.15, 0.2) is 24.3 Å². The Balaban J connectivity index is 1.59. The van der Waals surface area contributed by atoms with Crippen LogP contribution >= 0.6 is 0 Å². The van der Waals surface area contributed by atoms with Crippen molar-refractivity contribution in [3.63, 3.8) is 0 Å². The minimum atomic E-state index is -0.291. The van der Waals surface area contributed by atoms with Gasteiger partial charge in [-0.3, -0.25) is 4.79 Å². The quantitative estimate of drug-likeness (QED) is 0.728. The molecule has 0 aliphatic carbocycles. The van der Waals surface area contributed by atoms with E-state index in [0.717, 1.165) is 17.7 Å². The van der Waals surface area contributed by atoms with Crippen LogP contribution in [0, 0.1) is 0 Å². The Morgan fingerprint density at radius 2 is 2.12 bits per heavy atom. The van der Waals surface area contributed by atoms with Crippen LogP contribution in [-0.4, -0.2) is 51.5 Å². The van der Waals surface area contributed by atoms with Gasteiger partial charge >= 0.3 is 0 Å². The minimum Gasteiger partial charge on any atom is -0.496 e. The molecular formula is C17H25N3O4. The number of rotatable bonds is 5. The van der Waals surface area contributed by atoms with E-state index in [2.05, 4.69) is 16.2 Å². The zero-order chi connectivity index (χ0) is 16.9. The molecule has 1 aromatic rings. The third-order valence-corrected chi connectivity index (χ3v) is 4.67. The smallest absolute Gasteiger partial charge is 0.238 e. The fourth-order valence-corrected chi connectivity index (χ4v) is 3.28. The number of hydrogen-bond acceptors (Lipinski definition) is 6. The first-order chi connectivity index (χ1) is 11.7. The number of benzene rings is 1. The number of para-hydroxylation sites is 1. The van der Waals surface area contributed by atoms with Crippen molar-refractivity contribution in [3.05, 3.63) is 29.8 Å². The van der Waals surface area contributed by atoms with Crippen molar-refractivity contribution in [1.82, 2.24) is 16.2 Å². The molecule has 1 amide bonds. The molecule has 2 aliphatic heterocycles. The first-order valence-electron chi connectivity index (χ1n) is 8.27. The number of carbonyl (C=O) groups excluding carboxylic acids is 1. The standard InChI is InChI=1S/C17H25N3O4/c1-22-15-6-4-3-5-11(15)13-9-14(20-19-13)17(21)18-12-7-8-24-10-16(12)23-2/h3-6,12-14,16,19-20H,7-10H2,1-2H3,(H,18,21)/t12-,13?,14?,16-/m1/s1. The van der Waals surface area contributed by atoms with E-state index < -0.39 is 0 Å². The number of hydrazine groups is 1. The summed E-state index contributed by atoms with van der Waals surface area (Å²) in [5, 5.41) is 3.08. The summed E-state index contributed by atoms with van der Waals surface area (Å²) in [6.07, 6.45) is 1.33. The highest BCUT2D eigenvalue weighted by Crippen LogP contribution is 2.30. The van der Waals surface area contributed by atoms with Gasteiger partial charge in [-0.1, -0.05) is 18.2 Å². The maximum atomic E-state index is 12.6. The lowest BCUT2D eigenvalue weighted by atomic mass is 10.00. The summed E-state index contributed by atoms with van der Waals surface area (Å²) in [5.41, 5.74) is 7.33. The van der Waals surface area contributed by atoms with Gasteiger partial charge in [0, 0.05) is 19.3 Å². The Morgan fingerprint density at radius 1 is 1.29 bits per heavy atom.